The second-order valence-corrected chi connectivity index (χ2v) is 8.18. The number of likely N-dealkylation sites (tertiary alicyclic amines) is 1. The van der Waals surface area contributed by atoms with Gasteiger partial charge in [0.05, 0.1) is 6.61 Å². The van der Waals surface area contributed by atoms with Crippen molar-refractivity contribution >= 4 is 11.9 Å². The molecule has 0 saturated carbocycles. The number of hydrogen-bond acceptors (Lipinski definition) is 6. The van der Waals surface area contributed by atoms with Crippen LogP contribution in [0.4, 0.5) is 0 Å². The molecule has 2 saturated heterocycles. The molecule has 0 aliphatic carbocycles. The molecule has 1 amide bonds. The number of ether oxygens (including phenoxy) is 1. The molecule has 0 spiro atoms. The first-order chi connectivity index (χ1) is 14.9. The Labute approximate surface area is 181 Å². The number of hydrogen-bond donors (Lipinski definition) is 1. The maximum absolute atomic E-state index is 13.4. The number of nitrogens with zero attached hydrogens (tertiary/aromatic N) is 1. The topological polar surface area (TPSA) is 85.3 Å². The second kappa shape index (κ2) is 8.07. The lowest BCUT2D eigenvalue weighted by atomic mass is 9.64. The highest BCUT2D eigenvalue weighted by Gasteiger charge is 2.69. The normalized spacial score (nSPS) is 27.3. The summed E-state index contributed by atoms with van der Waals surface area (Å²) in [5.41, 5.74) is -1.17. The number of piperidine rings is 1. The Balaban J connectivity index is 1.90. The number of carbonyl (C=O) groups is 2. The Bertz CT molecular complexity index is 910. The second-order valence-electron chi connectivity index (χ2n) is 8.18. The van der Waals surface area contributed by atoms with E-state index in [1.807, 2.05) is 60.7 Å². The van der Waals surface area contributed by atoms with E-state index in [1.54, 1.807) is 11.8 Å². The first-order valence-electron chi connectivity index (χ1n) is 10.5. The predicted octanol–water partition coefficient (Wildman–Crippen LogP) is 2.77. The molecule has 2 aliphatic heterocycles. The number of benzene rings is 2. The van der Waals surface area contributed by atoms with Gasteiger partial charge < -0.3 is 14.7 Å². The highest BCUT2D eigenvalue weighted by molar-refractivity contribution is 5.81. The van der Waals surface area contributed by atoms with Crippen LogP contribution in [0.1, 0.15) is 37.8 Å². The number of fused-ring (bicyclic) bond motifs is 1. The third-order valence-corrected chi connectivity index (χ3v) is 6.39. The van der Waals surface area contributed by atoms with E-state index in [9.17, 15) is 14.7 Å². The summed E-state index contributed by atoms with van der Waals surface area (Å²) in [6, 6.07) is 18.9. The molecule has 0 radical (unpaired) electrons. The van der Waals surface area contributed by atoms with Gasteiger partial charge in [-0.2, -0.15) is 4.89 Å². The van der Waals surface area contributed by atoms with Gasteiger partial charge in [0, 0.05) is 32.9 Å². The Morgan fingerprint density at radius 3 is 2.13 bits per heavy atom. The lowest BCUT2D eigenvalue weighted by Gasteiger charge is -2.56. The van der Waals surface area contributed by atoms with Crippen molar-refractivity contribution in [2.45, 2.75) is 38.1 Å². The van der Waals surface area contributed by atoms with Gasteiger partial charge in [-0.1, -0.05) is 60.7 Å². The van der Waals surface area contributed by atoms with Crippen LogP contribution < -0.4 is 0 Å². The lowest BCUT2D eigenvalue weighted by molar-refractivity contribution is -0.516. The molecule has 1 N–H and O–H groups in total. The molecule has 2 aromatic rings. The van der Waals surface area contributed by atoms with Crippen LogP contribution >= 0.6 is 0 Å². The third-order valence-electron chi connectivity index (χ3n) is 6.39. The molecule has 2 heterocycles. The summed E-state index contributed by atoms with van der Waals surface area (Å²) in [5, 5.41) is 11.5. The predicted molar refractivity (Wildman–Crippen MR) is 111 cm³/mol. The smallest absolute Gasteiger partial charge is 0.319 e. The minimum absolute atomic E-state index is 0.0254. The van der Waals surface area contributed by atoms with Gasteiger partial charge in [-0.05, 0) is 18.1 Å². The summed E-state index contributed by atoms with van der Waals surface area (Å²) in [5.74, 6) is -2.71. The summed E-state index contributed by atoms with van der Waals surface area (Å²) in [4.78, 5) is 38.9. The number of aliphatic hydroxyl groups is 1. The molecule has 4 rings (SSSR count). The van der Waals surface area contributed by atoms with Gasteiger partial charge in [0.2, 0.25) is 11.7 Å². The first-order valence-corrected chi connectivity index (χ1v) is 10.5. The summed E-state index contributed by atoms with van der Waals surface area (Å²) in [7, 11) is 0. The first kappa shape index (κ1) is 21.5. The van der Waals surface area contributed by atoms with Crippen LogP contribution in [-0.4, -0.2) is 47.4 Å². The largest absolute Gasteiger partial charge is 0.465 e. The molecule has 2 fully saturated rings. The third kappa shape index (κ3) is 3.43. The molecule has 2 aliphatic rings. The molecule has 7 nitrogen and oxygen atoms in total. The molecule has 0 bridgehead atoms. The molecular formula is C24H27NO6. The van der Waals surface area contributed by atoms with Crippen molar-refractivity contribution in [1.82, 2.24) is 4.90 Å². The Morgan fingerprint density at radius 2 is 1.61 bits per heavy atom. The maximum atomic E-state index is 13.4. The van der Waals surface area contributed by atoms with Crippen LogP contribution in [0.2, 0.25) is 0 Å². The van der Waals surface area contributed by atoms with Crippen molar-refractivity contribution in [3.8, 4) is 0 Å². The number of rotatable bonds is 4. The van der Waals surface area contributed by atoms with Gasteiger partial charge in [-0.25, -0.2) is 4.89 Å². The van der Waals surface area contributed by atoms with Gasteiger partial charge in [-0.3, -0.25) is 9.59 Å². The van der Waals surface area contributed by atoms with Crippen LogP contribution in [0.25, 0.3) is 0 Å². The van der Waals surface area contributed by atoms with Gasteiger partial charge in [0.25, 0.3) is 0 Å². The average molecular weight is 425 g/mol. The van der Waals surface area contributed by atoms with E-state index >= 15 is 0 Å². The molecule has 7 heteroatoms. The van der Waals surface area contributed by atoms with Crippen molar-refractivity contribution < 1.29 is 29.2 Å². The van der Waals surface area contributed by atoms with Crippen molar-refractivity contribution in [3.63, 3.8) is 0 Å². The van der Waals surface area contributed by atoms with Gasteiger partial charge in [0.15, 0.2) is 5.60 Å². The Morgan fingerprint density at radius 1 is 1.03 bits per heavy atom. The summed E-state index contributed by atoms with van der Waals surface area (Å²) < 4.78 is 5.43. The lowest BCUT2D eigenvalue weighted by Crippen LogP contribution is -2.70. The SMILES string of the molecule is CCOC(=O)C12CN(C(C)=O)CCC1(O)OOC(c1ccccc1)(c1ccccc1)C2. The Hall–Kier alpha value is -2.74. The van der Waals surface area contributed by atoms with E-state index in [0.29, 0.717) is 0 Å². The minimum Gasteiger partial charge on any atom is -0.465 e. The van der Waals surface area contributed by atoms with E-state index < -0.39 is 22.8 Å². The van der Waals surface area contributed by atoms with E-state index in [0.717, 1.165) is 11.1 Å². The van der Waals surface area contributed by atoms with E-state index in [4.69, 9.17) is 14.5 Å². The molecule has 164 valence electrons. The molecule has 31 heavy (non-hydrogen) atoms. The van der Waals surface area contributed by atoms with Crippen molar-refractivity contribution in [3.05, 3.63) is 71.8 Å². The fraction of sp³-hybridized carbons (Fsp3) is 0.417. The van der Waals surface area contributed by atoms with E-state index in [-0.39, 0.29) is 38.4 Å². The zero-order valence-corrected chi connectivity index (χ0v) is 17.7. The van der Waals surface area contributed by atoms with Crippen LogP contribution in [-0.2, 0) is 29.7 Å². The number of carbonyl (C=O) groups excluding carboxylic acids is 2. The van der Waals surface area contributed by atoms with Gasteiger partial charge in [-0.15, -0.1) is 0 Å². The monoisotopic (exact) mass is 425 g/mol. The molecule has 2 unspecified atom stereocenters. The highest BCUT2D eigenvalue weighted by Crippen LogP contribution is 2.56. The van der Waals surface area contributed by atoms with Crippen LogP contribution in [0.15, 0.2) is 60.7 Å². The minimum atomic E-state index is -1.92. The highest BCUT2D eigenvalue weighted by atomic mass is 17.2. The summed E-state index contributed by atoms with van der Waals surface area (Å²) >= 11 is 0. The summed E-state index contributed by atoms with van der Waals surface area (Å²) in [6.45, 7) is 3.52. The quantitative estimate of drug-likeness (QED) is 0.599. The fourth-order valence-corrected chi connectivity index (χ4v) is 4.68. The Kier molecular flexibility index (Phi) is 5.60. The average Bonchev–Trinajstić information content (AvgIpc) is 2.79. The van der Waals surface area contributed by atoms with E-state index in [2.05, 4.69) is 0 Å². The summed E-state index contributed by atoms with van der Waals surface area (Å²) in [6.07, 6.45) is 0.0815. The van der Waals surface area contributed by atoms with Crippen molar-refractivity contribution in [2.24, 2.45) is 5.41 Å². The van der Waals surface area contributed by atoms with Gasteiger partial charge in [0.1, 0.15) is 5.41 Å². The van der Waals surface area contributed by atoms with Crippen LogP contribution in [0, 0.1) is 5.41 Å². The molecular weight excluding hydrogens is 398 g/mol. The number of esters is 1. The van der Waals surface area contributed by atoms with Gasteiger partial charge >= 0.3 is 5.97 Å². The number of amides is 1. The zero-order valence-electron chi connectivity index (χ0n) is 17.7. The zero-order chi connectivity index (χ0) is 22.1. The van der Waals surface area contributed by atoms with Crippen LogP contribution in [0.3, 0.4) is 0 Å². The van der Waals surface area contributed by atoms with Crippen LogP contribution in [0.5, 0.6) is 0 Å². The molecule has 2 aromatic carbocycles. The standard InChI is InChI=1S/C24H27NO6/c1-3-29-21(27)22-16-23(19-10-6-4-7-11-19,20-12-8-5-9-13-20)30-31-24(22,28)14-15-25(17-22)18(2)26/h4-13,28H,3,14-17H2,1-2H3. The van der Waals surface area contributed by atoms with Crippen molar-refractivity contribution in [1.29, 1.82) is 0 Å². The van der Waals surface area contributed by atoms with E-state index in [1.165, 1.54) is 6.92 Å². The molecule has 2 atom stereocenters. The maximum Gasteiger partial charge on any atom is 0.319 e. The fourth-order valence-electron chi connectivity index (χ4n) is 4.68. The molecule has 0 aromatic heterocycles. The van der Waals surface area contributed by atoms with Crippen molar-refractivity contribution in [2.75, 3.05) is 19.7 Å².